The van der Waals surface area contributed by atoms with Crippen LogP contribution in [0.25, 0.3) is 22.6 Å². The van der Waals surface area contributed by atoms with Crippen LogP contribution in [0, 0.1) is 0 Å². The molecule has 34 heavy (non-hydrogen) atoms. The molecule has 10 heteroatoms. The molecule has 1 N–H and O–H groups in total. The van der Waals surface area contributed by atoms with Gasteiger partial charge < -0.3 is 19.4 Å². The molecule has 0 atom stereocenters. The predicted octanol–water partition coefficient (Wildman–Crippen LogP) is 4.11. The second kappa shape index (κ2) is 10.4. The largest absolute Gasteiger partial charge is 0.493 e. The van der Waals surface area contributed by atoms with Gasteiger partial charge in [-0.15, -0.1) is 10.2 Å². The SMILES string of the molecule is CCn1c(SCC(=O)Nc2ccc(OC)c(OC)c2)nnc1-c1cn(C)nc1-c1ccccc1. The van der Waals surface area contributed by atoms with Crippen LogP contribution in [-0.2, 0) is 18.4 Å². The Labute approximate surface area is 202 Å². The number of benzene rings is 2. The highest BCUT2D eigenvalue weighted by atomic mass is 32.2. The van der Waals surface area contributed by atoms with Crippen LogP contribution in [0.4, 0.5) is 5.69 Å². The molecule has 4 aromatic rings. The fourth-order valence-electron chi connectivity index (χ4n) is 3.58. The zero-order valence-corrected chi connectivity index (χ0v) is 20.3. The zero-order chi connectivity index (χ0) is 24.1. The normalized spacial score (nSPS) is 10.8. The number of thioether (sulfide) groups is 1. The Balaban J connectivity index is 1.51. The van der Waals surface area contributed by atoms with E-state index >= 15 is 0 Å². The molecule has 2 aromatic heterocycles. The van der Waals surface area contributed by atoms with Gasteiger partial charge in [0.25, 0.3) is 0 Å². The van der Waals surface area contributed by atoms with Crippen molar-refractivity contribution < 1.29 is 14.3 Å². The van der Waals surface area contributed by atoms with E-state index in [0.29, 0.717) is 28.9 Å². The average Bonchev–Trinajstić information content (AvgIpc) is 3.45. The first-order valence-electron chi connectivity index (χ1n) is 10.7. The maximum atomic E-state index is 12.6. The van der Waals surface area contributed by atoms with E-state index in [-0.39, 0.29) is 11.7 Å². The molecule has 0 fully saturated rings. The molecule has 0 radical (unpaired) electrons. The van der Waals surface area contributed by atoms with Crippen molar-refractivity contribution in [1.82, 2.24) is 24.5 Å². The van der Waals surface area contributed by atoms with Gasteiger partial charge >= 0.3 is 0 Å². The second-order valence-electron chi connectivity index (χ2n) is 7.39. The van der Waals surface area contributed by atoms with E-state index in [9.17, 15) is 4.79 Å². The number of hydrogen-bond acceptors (Lipinski definition) is 7. The molecule has 0 aliphatic rings. The fourth-order valence-corrected chi connectivity index (χ4v) is 4.38. The molecule has 176 valence electrons. The third-order valence-electron chi connectivity index (χ3n) is 5.15. The maximum Gasteiger partial charge on any atom is 0.234 e. The lowest BCUT2D eigenvalue weighted by atomic mass is 10.1. The number of carbonyl (C=O) groups excluding carboxylic acids is 1. The molecule has 2 heterocycles. The minimum atomic E-state index is -0.157. The van der Waals surface area contributed by atoms with Gasteiger partial charge in [-0.05, 0) is 19.1 Å². The van der Waals surface area contributed by atoms with Gasteiger partial charge in [-0.1, -0.05) is 42.1 Å². The van der Waals surface area contributed by atoms with Crippen molar-refractivity contribution in [2.75, 3.05) is 25.3 Å². The smallest absolute Gasteiger partial charge is 0.234 e. The van der Waals surface area contributed by atoms with Gasteiger partial charge in [0.05, 0.1) is 25.5 Å². The Morgan fingerprint density at radius 2 is 1.82 bits per heavy atom. The summed E-state index contributed by atoms with van der Waals surface area (Å²) in [6, 6.07) is 15.2. The molecule has 0 saturated heterocycles. The van der Waals surface area contributed by atoms with E-state index in [1.54, 1.807) is 37.1 Å². The van der Waals surface area contributed by atoms with E-state index in [2.05, 4.69) is 20.6 Å². The van der Waals surface area contributed by atoms with Crippen molar-refractivity contribution in [3.8, 4) is 34.1 Å². The summed E-state index contributed by atoms with van der Waals surface area (Å²) >= 11 is 1.33. The highest BCUT2D eigenvalue weighted by Gasteiger charge is 2.20. The van der Waals surface area contributed by atoms with Crippen molar-refractivity contribution in [2.45, 2.75) is 18.6 Å². The van der Waals surface area contributed by atoms with Crippen molar-refractivity contribution in [3.05, 3.63) is 54.7 Å². The van der Waals surface area contributed by atoms with Crippen LogP contribution in [0.5, 0.6) is 11.5 Å². The summed E-state index contributed by atoms with van der Waals surface area (Å²) in [7, 11) is 5.01. The lowest BCUT2D eigenvalue weighted by molar-refractivity contribution is -0.113. The predicted molar refractivity (Wildman–Crippen MR) is 132 cm³/mol. The Hall–Kier alpha value is -3.79. The van der Waals surface area contributed by atoms with Crippen molar-refractivity contribution in [2.24, 2.45) is 7.05 Å². The lowest BCUT2D eigenvalue weighted by Gasteiger charge is -2.11. The monoisotopic (exact) mass is 478 g/mol. The van der Waals surface area contributed by atoms with E-state index in [0.717, 1.165) is 22.6 Å². The minimum Gasteiger partial charge on any atom is -0.493 e. The number of nitrogens with one attached hydrogen (secondary N) is 1. The van der Waals surface area contributed by atoms with Crippen LogP contribution in [0.15, 0.2) is 59.9 Å². The number of aromatic nitrogens is 5. The van der Waals surface area contributed by atoms with Crippen LogP contribution in [-0.4, -0.2) is 50.4 Å². The van der Waals surface area contributed by atoms with Crippen molar-refractivity contribution in [3.63, 3.8) is 0 Å². The minimum absolute atomic E-state index is 0.157. The number of methoxy groups -OCH3 is 2. The number of rotatable bonds is 9. The van der Waals surface area contributed by atoms with Crippen LogP contribution in [0.3, 0.4) is 0 Å². The van der Waals surface area contributed by atoms with Crippen molar-refractivity contribution in [1.29, 1.82) is 0 Å². The standard InChI is InChI=1S/C24H26N6O3S/c1-5-30-23(18-14-29(2)28-22(18)16-9-7-6-8-10-16)26-27-24(30)34-15-21(31)25-17-11-12-19(32-3)20(13-17)33-4/h6-14H,5,15H2,1-4H3,(H,25,31). The van der Waals surface area contributed by atoms with Crippen LogP contribution in [0.2, 0.25) is 0 Å². The molecule has 0 saturated carbocycles. The summed E-state index contributed by atoms with van der Waals surface area (Å²) in [5.41, 5.74) is 3.37. The van der Waals surface area contributed by atoms with Gasteiger partial charge in [0, 0.05) is 37.1 Å². The second-order valence-corrected chi connectivity index (χ2v) is 8.33. The maximum absolute atomic E-state index is 12.6. The molecular formula is C24H26N6O3S. The summed E-state index contributed by atoms with van der Waals surface area (Å²) in [5, 5.41) is 17.0. The van der Waals surface area contributed by atoms with Gasteiger partial charge in [0.1, 0.15) is 5.69 Å². The quantitative estimate of drug-likeness (QED) is 0.362. The highest BCUT2D eigenvalue weighted by Crippen LogP contribution is 2.32. The molecule has 0 unspecified atom stereocenters. The molecule has 2 aromatic carbocycles. The molecule has 1 amide bonds. The average molecular weight is 479 g/mol. The van der Waals surface area contributed by atoms with E-state index in [1.165, 1.54) is 11.8 Å². The first kappa shape index (κ1) is 23.4. The lowest BCUT2D eigenvalue weighted by Crippen LogP contribution is -2.14. The number of nitrogens with zero attached hydrogens (tertiary/aromatic N) is 5. The van der Waals surface area contributed by atoms with Crippen LogP contribution < -0.4 is 14.8 Å². The van der Waals surface area contributed by atoms with E-state index in [1.807, 2.05) is 55.1 Å². The number of carbonyl (C=O) groups is 1. The molecule has 0 spiro atoms. The molecule has 0 bridgehead atoms. The summed E-state index contributed by atoms with van der Waals surface area (Å²) in [6.45, 7) is 2.68. The first-order valence-corrected chi connectivity index (χ1v) is 11.7. The third-order valence-corrected chi connectivity index (χ3v) is 6.12. The third kappa shape index (κ3) is 4.91. The van der Waals surface area contributed by atoms with Gasteiger partial charge in [-0.2, -0.15) is 5.10 Å². The summed E-state index contributed by atoms with van der Waals surface area (Å²) in [5.74, 6) is 1.90. The topological polar surface area (TPSA) is 96.1 Å². The summed E-state index contributed by atoms with van der Waals surface area (Å²) in [6.07, 6.45) is 1.94. The van der Waals surface area contributed by atoms with Gasteiger partial charge in [-0.25, -0.2) is 0 Å². The number of ether oxygens (including phenoxy) is 2. The Morgan fingerprint density at radius 3 is 2.53 bits per heavy atom. The molecule has 0 aliphatic heterocycles. The molecular weight excluding hydrogens is 452 g/mol. The number of aryl methyl sites for hydroxylation is 1. The van der Waals surface area contributed by atoms with Crippen LogP contribution >= 0.6 is 11.8 Å². The Morgan fingerprint density at radius 1 is 1.06 bits per heavy atom. The van der Waals surface area contributed by atoms with E-state index < -0.39 is 0 Å². The first-order chi connectivity index (χ1) is 16.5. The summed E-state index contributed by atoms with van der Waals surface area (Å²) < 4.78 is 14.3. The van der Waals surface area contributed by atoms with Gasteiger partial charge in [-0.3, -0.25) is 9.48 Å². The highest BCUT2D eigenvalue weighted by molar-refractivity contribution is 7.99. The molecule has 9 nitrogen and oxygen atoms in total. The molecule has 4 rings (SSSR count). The Bertz CT molecular complexity index is 1290. The van der Waals surface area contributed by atoms with Gasteiger partial charge in [0.2, 0.25) is 5.91 Å². The van der Waals surface area contributed by atoms with E-state index in [4.69, 9.17) is 9.47 Å². The summed E-state index contributed by atoms with van der Waals surface area (Å²) in [4.78, 5) is 12.6. The molecule has 0 aliphatic carbocycles. The number of amides is 1. The number of hydrogen-bond donors (Lipinski definition) is 1. The van der Waals surface area contributed by atoms with Gasteiger partial charge in [0.15, 0.2) is 22.5 Å². The Kier molecular flexibility index (Phi) is 7.17. The van der Waals surface area contributed by atoms with Crippen molar-refractivity contribution >= 4 is 23.4 Å². The van der Waals surface area contributed by atoms with Crippen LogP contribution in [0.1, 0.15) is 6.92 Å². The number of anilines is 1. The fraction of sp³-hybridized carbons (Fsp3) is 0.250. The zero-order valence-electron chi connectivity index (χ0n) is 19.5.